The third-order valence-electron chi connectivity index (χ3n) is 4.46. The van der Waals surface area contributed by atoms with Crippen molar-refractivity contribution in [2.24, 2.45) is 0 Å². The molecule has 0 spiro atoms. The van der Waals surface area contributed by atoms with E-state index in [1.165, 1.54) is 27.8 Å². The van der Waals surface area contributed by atoms with E-state index in [4.69, 9.17) is 0 Å². The Morgan fingerprint density at radius 3 is 1.87 bits per heavy atom. The summed E-state index contributed by atoms with van der Waals surface area (Å²) in [5, 5.41) is 0. The molecule has 0 saturated heterocycles. The maximum Gasteiger partial charge on any atom is 0.0160 e. The first kappa shape index (κ1) is 19.4. The summed E-state index contributed by atoms with van der Waals surface area (Å²) >= 11 is 0. The third kappa shape index (κ3) is 4.67. The average Bonchev–Trinajstić information content (AvgIpc) is 2.75. The quantitative estimate of drug-likeness (QED) is 0.433. The van der Waals surface area contributed by atoms with Crippen molar-refractivity contribution in [3.05, 3.63) is 82.5 Å². The molecule has 0 fully saturated rings. The Bertz CT molecular complexity index is 610. The second-order valence-corrected chi connectivity index (χ2v) is 5.62. The van der Waals surface area contributed by atoms with Gasteiger partial charge < -0.3 is 4.98 Å². The normalized spacial score (nSPS) is 9.61. The summed E-state index contributed by atoms with van der Waals surface area (Å²) in [5.74, 6) is 0. The van der Waals surface area contributed by atoms with E-state index in [0.29, 0.717) is 0 Å². The van der Waals surface area contributed by atoms with Crippen LogP contribution in [-0.4, -0.2) is 4.98 Å². The zero-order chi connectivity index (χ0) is 16.1. The van der Waals surface area contributed by atoms with Crippen molar-refractivity contribution in [2.75, 3.05) is 0 Å². The first-order valence-corrected chi connectivity index (χ1v) is 7.60. The van der Waals surface area contributed by atoms with Gasteiger partial charge in [0.2, 0.25) is 0 Å². The minimum Gasteiger partial charge on any atom is -0.305 e. The van der Waals surface area contributed by atoms with E-state index >= 15 is 0 Å². The molecule has 0 aliphatic carbocycles. The maximum atomic E-state index is 4.22. The Kier molecular flexibility index (Phi) is 7.48. The van der Waals surface area contributed by atoms with E-state index in [9.17, 15) is 0 Å². The van der Waals surface area contributed by atoms with Crippen LogP contribution in [0, 0.1) is 40.7 Å². The van der Waals surface area contributed by atoms with E-state index in [2.05, 4.69) is 45.7 Å². The van der Waals surface area contributed by atoms with Crippen molar-refractivity contribution in [3.63, 3.8) is 0 Å². The molecule has 1 nitrogen and oxygen atoms in total. The number of hydrogen-bond donors (Lipinski definition) is 0. The van der Waals surface area contributed by atoms with Crippen molar-refractivity contribution in [2.45, 2.75) is 34.6 Å². The summed E-state index contributed by atoms with van der Waals surface area (Å²) in [7, 11) is 0. The number of nitrogens with zero attached hydrogens (tertiary/aromatic N) is 1. The van der Waals surface area contributed by atoms with Crippen LogP contribution in [0.25, 0.3) is 11.3 Å². The van der Waals surface area contributed by atoms with E-state index in [1.54, 1.807) is 6.20 Å². The zero-order valence-corrected chi connectivity index (χ0v) is 17.0. The molecule has 0 aliphatic heterocycles. The molecule has 23 heavy (non-hydrogen) atoms. The van der Waals surface area contributed by atoms with Crippen LogP contribution in [0.5, 0.6) is 0 Å². The molecule has 0 amide bonds. The molecule has 1 radical (unpaired) electrons. The van der Waals surface area contributed by atoms with Crippen LogP contribution >= 0.6 is 0 Å². The molecule has 0 unspecified atom stereocenters. The van der Waals surface area contributed by atoms with Gasteiger partial charge in [-0.2, -0.15) is 27.8 Å². The molecule has 0 N–H and O–H groups in total. The number of aromatic nitrogens is 1. The van der Waals surface area contributed by atoms with Gasteiger partial charge in [-0.05, 0) is 11.8 Å². The Morgan fingerprint density at radius 2 is 1.48 bits per heavy atom. The first-order valence-electron chi connectivity index (χ1n) is 7.60. The summed E-state index contributed by atoms with van der Waals surface area (Å²) in [6.45, 7) is 11.0. The monoisotopic (exact) mass is 483 g/mol. The van der Waals surface area contributed by atoms with Crippen LogP contribution in [0.3, 0.4) is 0 Å². The first-order chi connectivity index (χ1) is 10.5. The van der Waals surface area contributed by atoms with Crippen molar-refractivity contribution < 1.29 is 20.1 Å². The standard InChI is InChI=1S/C11H8N.C10H15.Ir.H/c1-2-6-10(7-3-1)11-8-4-5-9-12-11;1-6-7(2)9(4)10(5)8(6)3;;/h1-6,8-9H;1-5H3;;/q2*-1;+2;. The fourth-order valence-electron chi connectivity index (χ4n) is 2.48. The summed E-state index contributed by atoms with van der Waals surface area (Å²) in [5.41, 5.74) is 9.35. The summed E-state index contributed by atoms with van der Waals surface area (Å²) < 4.78 is 0. The zero-order valence-electron chi connectivity index (χ0n) is 14.4. The van der Waals surface area contributed by atoms with Gasteiger partial charge in [0, 0.05) is 6.20 Å². The molecule has 3 aromatic rings. The van der Waals surface area contributed by atoms with E-state index in [1.807, 2.05) is 42.5 Å². The maximum absolute atomic E-state index is 4.22. The number of benzene rings is 1. The Labute approximate surface area is 153 Å². The van der Waals surface area contributed by atoms with E-state index in [-0.39, 0.29) is 20.1 Å². The molecule has 0 aliphatic rings. The van der Waals surface area contributed by atoms with Gasteiger partial charge in [0.05, 0.1) is 0 Å². The van der Waals surface area contributed by atoms with Gasteiger partial charge in [0.1, 0.15) is 0 Å². The number of pyridine rings is 1. The van der Waals surface area contributed by atoms with Crippen LogP contribution in [0.4, 0.5) is 0 Å². The SMILES string of the molecule is Cc1c(C)c(C)[c-](C)c1C.[IrH+2].[c-]1ccccc1-c1ccccn1. The van der Waals surface area contributed by atoms with Crippen LogP contribution in [0.1, 0.15) is 27.8 Å². The molecular weight excluding hydrogens is 458 g/mol. The smallest absolute Gasteiger partial charge is 0.0160 e. The second-order valence-electron chi connectivity index (χ2n) is 5.62. The third-order valence-corrected chi connectivity index (χ3v) is 4.46. The predicted molar refractivity (Wildman–Crippen MR) is 95.6 cm³/mol. The van der Waals surface area contributed by atoms with Crippen LogP contribution in [0.15, 0.2) is 48.7 Å². The fraction of sp³-hybridized carbons (Fsp3) is 0.238. The van der Waals surface area contributed by atoms with Crippen molar-refractivity contribution >= 4 is 0 Å². The second kappa shape index (κ2) is 8.86. The average molecular weight is 483 g/mol. The minimum atomic E-state index is 0. The summed E-state index contributed by atoms with van der Waals surface area (Å²) in [6, 6.07) is 16.8. The van der Waals surface area contributed by atoms with Crippen LogP contribution in [-0.2, 0) is 20.1 Å². The van der Waals surface area contributed by atoms with E-state index < -0.39 is 0 Å². The topological polar surface area (TPSA) is 12.9 Å². The predicted octanol–water partition coefficient (Wildman–Crippen LogP) is 5.23. The van der Waals surface area contributed by atoms with Gasteiger partial charge >= 0.3 is 20.1 Å². The number of hydrogen-bond acceptors (Lipinski definition) is 1. The van der Waals surface area contributed by atoms with Gasteiger partial charge in [0.15, 0.2) is 0 Å². The number of rotatable bonds is 1. The molecule has 1 aromatic heterocycles. The molecule has 0 saturated carbocycles. The van der Waals surface area contributed by atoms with Crippen molar-refractivity contribution in [3.8, 4) is 11.3 Å². The Morgan fingerprint density at radius 1 is 0.870 bits per heavy atom. The molecule has 1 heterocycles. The van der Waals surface area contributed by atoms with Gasteiger partial charge in [-0.3, -0.25) is 0 Å². The Balaban J connectivity index is 0.000000224. The van der Waals surface area contributed by atoms with Gasteiger partial charge in [0.25, 0.3) is 0 Å². The van der Waals surface area contributed by atoms with Crippen molar-refractivity contribution in [1.82, 2.24) is 4.98 Å². The molecule has 122 valence electrons. The largest absolute Gasteiger partial charge is 0.305 e. The van der Waals surface area contributed by atoms with Gasteiger partial charge in [-0.15, -0.1) is 35.9 Å². The van der Waals surface area contributed by atoms with Gasteiger partial charge in [-0.1, -0.05) is 46.8 Å². The summed E-state index contributed by atoms with van der Waals surface area (Å²) in [6.07, 6.45) is 1.79. The molecule has 0 atom stereocenters. The summed E-state index contributed by atoms with van der Waals surface area (Å²) in [4.78, 5) is 4.22. The molecule has 3 rings (SSSR count). The molecule has 0 bridgehead atoms. The van der Waals surface area contributed by atoms with Gasteiger partial charge in [-0.25, -0.2) is 0 Å². The van der Waals surface area contributed by atoms with Crippen molar-refractivity contribution in [1.29, 1.82) is 0 Å². The van der Waals surface area contributed by atoms with Crippen LogP contribution < -0.4 is 0 Å². The van der Waals surface area contributed by atoms with Crippen LogP contribution in [0.2, 0.25) is 0 Å². The molecule has 2 heteroatoms. The minimum absolute atomic E-state index is 0. The Hall–Kier alpha value is -1.63. The van der Waals surface area contributed by atoms with E-state index in [0.717, 1.165) is 11.3 Å². The molecule has 2 aromatic carbocycles. The fourth-order valence-corrected chi connectivity index (χ4v) is 2.48. The molecular formula is C21H24IrN.